The lowest BCUT2D eigenvalue weighted by Gasteiger charge is -1.86. The first-order valence-electron chi connectivity index (χ1n) is 2.05. The van der Waals surface area contributed by atoms with Crippen LogP contribution >= 0.6 is 33.3 Å². The average molecular weight is 258 g/mol. The molecule has 3 nitrogen and oxygen atoms in total. The Morgan fingerprint density at radius 2 is 2.43 bits per heavy atom. The summed E-state index contributed by atoms with van der Waals surface area (Å²) in [4.78, 5) is 0. The fraction of sp³-hybridized carbons (Fsp3) is 1.00. The molecule has 7 heavy (non-hydrogen) atoms. The van der Waals surface area contributed by atoms with Crippen LogP contribution in [-0.4, -0.2) is 13.0 Å². The molecule has 0 amide bonds. The van der Waals surface area contributed by atoms with Gasteiger partial charge >= 0.3 is 9.33 Å². The van der Waals surface area contributed by atoms with Crippen molar-refractivity contribution < 1.29 is 15.3 Å². The minimum absolute atomic E-state index is 1.15. The average Bonchev–Trinajstić information content (AvgIpc) is 1.14. The van der Waals surface area contributed by atoms with E-state index in [0.717, 1.165) is 22.6 Å². The Labute approximate surface area is 62.6 Å². The van der Waals surface area contributed by atoms with Crippen molar-refractivity contribution in [3.05, 3.63) is 0 Å². The molecule has 0 radical (unpaired) electrons. The molecule has 0 aromatic rings. The Morgan fingerprint density at radius 1 is 2.00 bits per heavy atom. The van der Waals surface area contributed by atoms with E-state index in [2.05, 4.69) is 14.9 Å². The zero-order valence-corrected chi connectivity index (χ0v) is 6.62. The van der Waals surface area contributed by atoms with E-state index in [9.17, 15) is 8.42 Å². The predicted octanol–water partition coefficient (Wildman–Crippen LogP) is 0.879. The van der Waals surface area contributed by atoms with Crippen LogP contribution in [-0.2, 0) is 13.5 Å². The molecular weight excluding hydrogens is 254 g/mol. The minimum atomic E-state index is -4.19. The molecule has 0 heterocycles. The Morgan fingerprint density at radius 3 is 2.43 bits per heavy atom. The lowest BCUT2D eigenvalue weighted by Crippen LogP contribution is -1.92. The van der Waals surface area contributed by atoms with Crippen molar-refractivity contribution in [1.29, 1.82) is 0 Å². The van der Waals surface area contributed by atoms with Gasteiger partial charge in [-0.25, -0.2) is 4.18 Å². The number of hydrogen-bond donors (Lipinski definition) is 0. The molecule has 0 spiro atoms. The predicted molar refractivity (Wildman–Crippen MR) is 34.7 cm³/mol. The maximum absolute atomic E-state index is 9.95. The molecule has 44 valence electrons. The first kappa shape index (κ1) is 4.78. The van der Waals surface area contributed by atoms with Gasteiger partial charge in [0.25, 0.3) is 0 Å². The molecule has 0 aliphatic rings. The van der Waals surface area contributed by atoms with Crippen LogP contribution < -0.4 is 0 Å². The molecule has 0 aromatic carbocycles. The minimum Gasteiger partial charge on any atom is -0.247 e. The van der Waals surface area contributed by atoms with Crippen molar-refractivity contribution in [1.82, 2.24) is 0 Å². The van der Waals surface area contributed by atoms with Gasteiger partial charge in [0.05, 0.1) is 2.74 Å². The molecule has 0 aromatic heterocycles. The summed E-state index contributed by atoms with van der Waals surface area (Å²) in [6.07, 6.45) is 0. The molecular formula is CH2ClIO3S. The van der Waals surface area contributed by atoms with Crippen molar-refractivity contribution in [2.24, 2.45) is 0 Å². The zero-order valence-electron chi connectivity index (χ0n) is 4.89. The van der Waals surface area contributed by atoms with Crippen molar-refractivity contribution in [2.75, 3.05) is 4.57 Å². The van der Waals surface area contributed by atoms with Gasteiger partial charge in [0, 0.05) is 10.7 Å². The number of hydrogen-bond acceptors (Lipinski definition) is 3. The summed E-state index contributed by atoms with van der Waals surface area (Å²) >= 11 is 1.15. The quantitative estimate of drug-likeness (QED) is 0.419. The van der Waals surface area contributed by atoms with Crippen molar-refractivity contribution in [3.63, 3.8) is 0 Å². The standard InChI is InChI=1S/CH2ClIO3S/c2-7(4,5)6-1-3/h1H2/i1D2. The van der Waals surface area contributed by atoms with Gasteiger partial charge < -0.3 is 0 Å². The van der Waals surface area contributed by atoms with E-state index in [1.165, 1.54) is 0 Å². The van der Waals surface area contributed by atoms with Crippen LogP contribution in [0, 0.1) is 0 Å². The first-order valence-corrected chi connectivity index (χ1v) is 4.36. The molecule has 0 rings (SSSR count). The summed E-state index contributed by atoms with van der Waals surface area (Å²) < 4.78 is 34.4. The second kappa shape index (κ2) is 3.06. The molecule has 0 fully saturated rings. The summed E-state index contributed by atoms with van der Waals surface area (Å²) in [6, 6.07) is 0. The molecule has 0 unspecified atom stereocenters. The monoisotopic (exact) mass is 258 g/mol. The highest BCUT2D eigenvalue weighted by molar-refractivity contribution is 14.1. The first-order chi connectivity index (χ1) is 3.71. The third kappa shape index (κ3) is 6.93. The summed E-state index contributed by atoms with van der Waals surface area (Å²) in [6.45, 7) is 0. The maximum Gasteiger partial charge on any atom is 0.356 e. The number of halogens is 2. The Hall–Kier alpha value is 0.930. The largest absolute Gasteiger partial charge is 0.356 e. The molecule has 6 heteroatoms. The van der Waals surface area contributed by atoms with Crippen LogP contribution in [0.2, 0.25) is 0 Å². The van der Waals surface area contributed by atoms with E-state index >= 15 is 0 Å². The van der Waals surface area contributed by atoms with Gasteiger partial charge in [-0.05, 0) is 0 Å². The SMILES string of the molecule is [2H]C([2H])(I)OS(=O)(=O)Cl. The van der Waals surface area contributed by atoms with Gasteiger partial charge in [-0.3, -0.25) is 0 Å². The topological polar surface area (TPSA) is 43.4 Å². The molecule has 0 N–H and O–H groups in total. The fourth-order valence-corrected chi connectivity index (χ4v) is 1.24. The fourth-order valence-electron chi connectivity index (χ4n) is 0.0376. The zero-order chi connectivity index (χ0) is 7.71. The third-order valence-corrected chi connectivity index (χ3v) is 1.12. The van der Waals surface area contributed by atoms with E-state index in [0.29, 0.717) is 0 Å². The van der Waals surface area contributed by atoms with E-state index < -0.39 is 13.9 Å². The highest BCUT2D eigenvalue weighted by atomic mass is 127. The highest BCUT2D eigenvalue weighted by Crippen LogP contribution is 1.99. The normalized spacial score (nSPS) is 18.0. The molecule has 0 saturated heterocycles. The van der Waals surface area contributed by atoms with Crippen molar-refractivity contribution in [2.45, 2.75) is 0 Å². The van der Waals surface area contributed by atoms with Gasteiger partial charge in [0.15, 0.2) is 0 Å². The van der Waals surface area contributed by atoms with Gasteiger partial charge in [-0.1, -0.05) is 22.6 Å². The Kier molecular flexibility index (Phi) is 2.08. The van der Waals surface area contributed by atoms with E-state index in [-0.39, 0.29) is 0 Å². The van der Waals surface area contributed by atoms with Crippen LogP contribution in [0.15, 0.2) is 0 Å². The van der Waals surface area contributed by atoms with Gasteiger partial charge in [0.1, 0.15) is 4.57 Å². The van der Waals surface area contributed by atoms with Crippen LogP contribution in [0.3, 0.4) is 0 Å². The van der Waals surface area contributed by atoms with E-state index in [4.69, 9.17) is 2.74 Å². The maximum atomic E-state index is 9.95. The number of rotatable bonds is 2. The van der Waals surface area contributed by atoms with Crippen LogP contribution in [0.4, 0.5) is 0 Å². The van der Waals surface area contributed by atoms with E-state index in [1.54, 1.807) is 0 Å². The summed E-state index contributed by atoms with van der Waals surface area (Å²) in [5, 5.41) is 0. The smallest absolute Gasteiger partial charge is 0.247 e. The van der Waals surface area contributed by atoms with Crippen molar-refractivity contribution >= 4 is 42.6 Å². The lowest BCUT2D eigenvalue weighted by molar-refractivity contribution is 0.404. The Bertz CT molecular complexity index is 182. The third-order valence-electron chi connectivity index (χ3n) is 0.131. The molecule has 0 aliphatic carbocycles. The van der Waals surface area contributed by atoms with Gasteiger partial charge in [-0.2, -0.15) is 8.42 Å². The summed E-state index contributed by atoms with van der Waals surface area (Å²) in [5.74, 6) is 0. The molecule has 0 aliphatic heterocycles. The van der Waals surface area contributed by atoms with Gasteiger partial charge in [-0.15, -0.1) is 0 Å². The van der Waals surface area contributed by atoms with Crippen LogP contribution in [0.1, 0.15) is 2.74 Å². The van der Waals surface area contributed by atoms with Crippen molar-refractivity contribution in [3.8, 4) is 0 Å². The highest BCUT2D eigenvalue weighted by Gasteiger charge is 1.99. The number of alkyl halides is 1. The van der Waals surface area contributed by atoms with Crippen LogP contribution in [0.25, 0.3) is 0 Å². The molecule has 0 saturated carbocycles. The van der Waals surface area contributed by atoms with Gasteiger partial charge in [0.2, 0.25) is 0 Å². The second-order valence-electron chi connectivity index (χ2n) is 0.554. The lowest BCUT2D eigenvalue weighted by atomic mass is 11.8. The van der Waals surface area contributed by atoms with Crippen LogP contribution in [0.5, 0.6) is 0 Å². The second-order valence-corrected chi connectivity index (χ2v) is 3.08. The van der Waals surface area contributed by atoms with E-state index in [1.807, 2.05) is 0 Å². The summed E-state index contributed by atoms with van der Waals surface area (Å²) in [5.41, 5.74) is 0. The molecule has 0 bridgehead atoms. The Balaban J connectivity index is 4.07. The molecule has 0 atom stereocenters. The summed E-state index contributed by atoms with van der Waals surface area (Å²) in [7, 11) is 0.331.